The van der Waals surface area contributed by atoms with Gasteiger partial charge in [-0.15, -0.1) is 6.58 Å². The van der Waals surface area contributed by atoms with E-state index in [2.05, 4.69) is 27.8 Å². The molecule has 0 spiro atoms. The van der Waals surface area contributed by atoms with Gasteiger partial charge in [-0.1, -0.05) is 12.1 Å². The fourth-order valence-electron chi connectivity index (χ4n) is 1.46. The van der Waals surface area contributed by atoms with Gasteiger partial charge in [0, 0.05) is 19.1 Å². The third-order valence-electron chi connectivity index (χ3n) is 2.32. The number of halogens is 1. The zero-order valence-electron chi connectivity index (χ0n) is 9.37. The van der Waals surface area contributed by atoms with Crippen LogP contribution < -0.4 is 15.8 Å². The fraction of sp³-hybridized carbons (Fsp3) is 0.333. The van der Waals surface area contributed by atoms with Crippen LogP contribution in [0.4, 0.5) is 0 Å². The molecule has 0 aromatic heterocycles. The van der Waals surface area contributed by atoms with Crippen molar-refractivity contribution in [2.24, 2.45) is 5.73 Å². The van der Waals surface area contributed by atoms with Gasteiger partial charge in [-0.3, -0.25) is 0 Å². The van der Waals surface area contributed by atoms with E-state index < -0.39 is 0 Å². The summed E-state index contributed by atoms with van der Waals surface area (Å²) in [6.45, 7) is 4.96. The van der Waals surface area contributed by atoms with Crippen LogP contribution >= 0.6 is 15.9 Å². The van der Waals surface area contributed by atoms with E-state index in [0.29, 0.717) is 6.54 Å². The lowest BCUT2D eigenvalue weighted by Gasteiger charge is -2.17. The van der Waals surface area contributed by atoms with Crippen LogP contribution in [0.25, 0.3) is 0 Å². The smallest absolute Gasteiger partial charge is 0.133 e. The molecule has 4 heteroatoms. The molecule has 0 heterocycles. The highest BCUT2D eigenvalue weighted by Gasteiger charge is 2.10. The molecule has 0 saturated heterocycles. The second-order valence-electron chi connectivity index (χ2n) is 3.38. The van der Waals surface area contributed by atoms with Crippen molar-refractivity contribution in [1.29, 1.82) is 0 Å². The van der Waals surface area contributed by atoms with Crippen molar-refractivity contribution in [3.63, 3.8) is 0 Å². The van der Waals surface area contributed by atoms with Crippen LogP contribution in [0.2, 0.25) is 0 Å². The number of nitrogens with one attached hydrogen (secondary N) is 1. The first-order valence-corrected chi connectivity index (χ1v) is 5.90. The van der Waals surface area contributed by atoms with E-state index >= 15 is 0 Å². The normalized spacial score (nSPS) is 12.2. The average Bonchev–Trinajstić information content (AvgIpc) is 2.30. The monoisotopic (exact) mass is 284 g/mol. The van der Waals surface area contributed by atoms with Crippen LogP contribution in [0, 0.1) is 0 Å². The lowest BCUT2D eigenvalue weighted by molar-refractivity contribution is 0.411. The molecule has 0 aliphatic carbocycles. The molecule has 0 amide bonds. The van der Waals surface area contributed by atoms with Crippen molar-refractivity contribution >= 4 is 15.9 Å². The first-order valence-electron chi connectivity index (χ1n) is 5.10. The highest BCUT2D eigenvalue weighted by atomic mass is 79.9. The van der Waals surface area contributed by atoms with Crippen LogP contribution in [-0.2, 0) is 0 Å². The molecule has 1 unspecified atom stereocenters. The van der Waals surface area contributed by atoms with Gasteiger partial charge >= 0.3 is 0 Å². The number of methoxy groups -OCH3 is 1. The molecule has 3 nitrogen and oxygen atoms in total. The van der Waals surface area contributed by atoms with Crippen molar-refractivity contribution in [3.05, 3.63) is 40.9 Å². The average molecular weight is 285 g/mol. The summed E-state index contributed by atoms with van der Waals surface area (Å²) in [4.78, 5) is 0. The molecule has 0 fully saturated rings. The Kier molecular flexibility index (Phi) is 5.52. The number of rotatable bonds is 6. The lowest BCUT2D eigenvalue weighted by atomic mass is 10.1. The first kappa shape index (κ1) is 13.2. The van der Waals surface area contributed by atoms with E-state index in [0.717, 1.165) is 22.3 Å². The molecule has 0 bridgehead atoms. The number of ether oxygens (including phenoxy) is 1. The lowest BCUT2D eigenvalue weighted by Crippen LogP contribution is -2.28. The summed E-state index contributed by atoms with van der Waals surface area (Å²) in [7, 11) is 1.65. The third-order valence-corrected chi connectivity index (χ3v) is 2.94. The Hall–Kier alpha value is -0.840. The second-order valence-corrected chi connectivity index (χ2v) is 4.23. The summed E-state index contributed by atoms with van der Waals surface area (Å²) in [6, 6.07) is 6.10. The van der Waals surface area contributed by atoms with Gasteiger partial charge in [-0.25, -0.2) is 0 Å². The molecule has 1 aromatic carbocycles. The molecule has 1 aromatic rings. The van der Waals surface area contributed by atoms with Gasteiger partial charge in [-0.05, 0) is 33.6 Å². The number of hydrogen-bond acceptors (Lipinski definition) is 3. The van der Waals surface area contributed by atoms with Gasteiger partial charge in [0.1, 0.15) is 5.75 Å². The van der Waals surface area contributed by atoms with Gasteiger partial charge < -0.3 is 15.8 Å². The van der Waals surface area contributed by atoms with E-state index in [4.69, 9.17) is 10.5 Å². The molecule has 1 atom stereocenters. The van der Waals surface area contributed by atoms with Crippen molar-refractivity contribution in [3.8, 4) is 5.75 Å². The van der Waals surface area contributed by atoms with Crippen LogP contribution in [0.15, 0.2) is 35.3 Å². The standard InChI is InChI=1S/C12H17BrN2O/c1-3-6-15-11(8-14)9-4-5-12(16-2)10(13)7-9/h3-5,7,11,15H,1,6,8,14H2,2H3. The Morgan fingerprint density at radius 3 is 2.88 bits per heavy atom. The van der Waals surface area contributed by atoms with Gasteiger partial charge in [0.05, 0.1) is 11.6 Å². The number of nitrogens with two attached hydrogens (primary N) is 1. The van der Waals surface area contributed by atoms with Gasteiger partial charge in [0.2, 0.25) is 0 Å². The summed E-state index contributed by atoms with van der Waals surface area (Å²) in [6.07, 6.45) is 1.82. The number of hydrogen-bond donors (Lipinski definition) is 2. The zero-order valence-corrected chi connectivity index (χ0v) is 11.0. The van der Waals surface area contributed by atoms with E-state index in [1.807, 2.05) is 24.3 Å². The first-order chi connectivity index (χ1) is 7.72. The van der Waals surface area contributed by atoms with Crippen LogP contribution in [0.5, 0.6) is 5.75 Å². The quantitative estimate of drug-likeness (QED) is 0.788. The molecule has 0 aliphatic rings. The topological polar surface area (TPSA) is 47.3 Å². The highest BCUT2D eigenvalue weighted by Crippen LogP contribution is 2.27. The van der Waals surface area contributed by atoms with E-state index in [1.165, 1.54) is 0 Å². The third kappa shape index (κ3) is 3.33. The van der Waals surface area contributed by atoms with Crippen LogP contribution in [0.1, 0.15) is 11.6 Å². The molecular formula is C12H17BrN2O. The van der Waals surface area contributed by atoms with Crippen LogP contribution in [0.3, 0.4) is 0 Å². The van der Waals surface area contributed by atoms with Gasteiger partial charge in [-0.2, -0.15) is 0 Å². The Balaban J connectivity index is 2.84. The molecule has 0 saturated carbocycles. The molecule has 0 aliphatic heterocycles. The maximum absolute atomic E-state index is 5.72. The molecular weight excluding hydrogens is 268 g/mol. The van der Waals surface area contributed by atoms with Crippen molar-refractivity contribution in [1.82, 2.24) is 5.32 Å². The summed E-state index contributed by atoms with van der Waals surface area (Å²) in [5.41, 5.74) is 6.86. The predicted molar refractivity (Wildman–Crippen MR) is 70.7 cm³/mol. The summed E-state index contributed by atoms with van der Waals surface area (Å²) >= 11 is 3.46. The predicted octanol–water partition coefficient (Wildman–Crippen LogP) is 2.23. The minimum Gasteiger partial charge on any atom is -0.496 e. The SMILES string of the molecule is C=CCNC(CN)c1ccc(OC)c(Br)c1. The molecule has 16 heavy (non-hydrogen) atoms. The van der Waals surface area contributed by atoms with Crippen LogP contribution in [-0.4, -0.2) is 20.2 Å². The largest absolute Gasteiger partial charge is 0.496 e. The van der Waals surface area contributed by atoms with E-state index in [9.17, 15) is 0 Å². The zero-order chi connectivity index (χ0) is 12.0. The molecule has 88 valence electrons. The molecule has 0 radical (unpaired) electrons. The summed E-state index contributed by atoms with van der Waals surface area (Å²) in [5, 5.41) is 3.30. The minimum absolute atomic E-state index is 0.139. The maximum Gasteiger partial charge on any atom is 0.133 e. The Labute approximate surface area is 105 Å². The van der Waals surface area contributed by atoms with Gasteiger partial charge in [0.25, 0.3) is 0 Å². The highest BCUT2D eigenvalue weighted by molar-refractivity contribution is 9.10. The Morgan fingerprint density at radius 1 is 1.62 bits per heavy atom. The summed E-state index contributed by atoms with van der Waals surface area (Å²) in [5.74, 6) is 0.822. The molecule has 1 rings (SSSR count). The minimum atomic E-state index is 0.139. The Bertz CT molecular complexity index is 355. The van der Waals surface area contributed by atoms with Crippen molar-refractivity contribution in [2.75, 3.05) is 20.2 Å². The fourth-order valence-corrected chi connectivity index (χ4v) is 2.02. The van der Waals surface area contributed by atoms with Crippen molar-refractivity contribution < 1.29 is 4.74 Å². The van der Waals surface area contributed by atoms with Gasteiger partial charge in [0.15, 0.2) is 0 Å². The van der Waals surface area contributed by atoms with Crippen molar-refractivity contribution in [2.45, 2.75) is 6.04 Å². The van der Waals surface area contributed by atoms with E-state index in [-0.39, 0.29) is 6.04 Å². The maximum atomic E-state index is 5.72. The second kappa shape index (κ2) is 6.68. The molecule has 3 N–H and O–H groups in total. The summed E-state index contributed by atoms with van der Waals surface area (Å²) < 4.78 is 6.12. The number of benzene rings is 1. The Morgan fingerprint density at radius 2 is 2.38 bits per heavy atom. The van der Waals surface area contributed by atoms with E-state index in [1.54, 1.807) is 7.11 Å².